The minimum atomic E-state index is -2.79. The molecule has 1 heterocycles. The van der Waals surface area contributed by atoms with Crippen LogP contribution in [0.25, 0.3) is 5.76 Å². The number of hydrogen-bond donors (Lipinski definition) is 7. The molecule has 4 aliphatic rings. The quantitative estimate of drug-likeness (QED) is 0.197. The number of phenols is 1. The lowest BCUT2D eigenvalue weighted by atomic mass is 9.57. The summed E-state index contributed by atoms with van der Waals surface area (Å²) >= 11 is 0. The van der Waals surface area contributed by atoms with Crippen LogP contribution >= 0.6 is 0 Å². The van der Waals surface area contributed by atoms with E-state index >= 15 is 4.39 Å². The van der Waals surface area contributed by atoms with Crippen LogP contribution in [0.2, 0.25) is 0 Å². The number of nitrogens with zero attached hydrogens (tertiary/aromatic N) is 1. The number of likely N-dealkylation sites (N-methyl/N-ethyl adjacent to an activating group) is 1. The molecule has 12 nitrogen and oxygen atoms in total. The van der Waals surface area contributed by atoms with Crippen molar-refractivity contribution in [2.24, 2.45) is 17.6 Å². The number of nitrogens with two attached hydrogens (primary N) is 1. The summed E-state index contributed by atoms with van der Waals surface area (Å²) in [4.78, 5) is 53.1. The number of ketones is 2. The first kappa shape index (κ1) is 27.7. The Balaban J connectivity index is 1.62. The predicted molar refractivity (Wildman–Crippen MR) is 138 cm³/mol. The van der Waals surface area contributed by atoms with Crippen LogP contribution in [-0.2, 0) is 25.6 Å². The molecule has 0 unspecified atom stereocenters. The molecule has 1 saturated heterocycles. The smallest absolute Gasteiger partial charge is 0.255 e. The Morgan fingerprint density at radius 1 is 1.20 bits per heavy atom. The number of hydrogen-bond acceptors (Lipinski definition) is 10. The van der Waals surface area contributed by atoms with Gasteiger partial charge in [0.25, 0.3) is 5.91 Å². The van der Waals surface area contributed by atoms with Crippen molar-refractivity contribution in [3.8, 4) is 5.75 Å². The second kappa shape index (κ2) is 9.68. The predicted octanol–water partition coefficient (Wildman–Crippen LogP) is 0.184. The topological polar surface area (TPSA) is 203 Å². The van der Waals surface area contributed by atoms with Crippen molar-refractivity contribution >= 4 is 34.8 Å². The van der Waals surface area contributed by atoms with Gasteiger partial charge in [0.1, 0.15) is 22.9 Å². The summed E-state index contributed by atoms with van der Waals surface area (Å²) in [5.74, 6) is -9.63. The van der Waals surface area contributed by atoms with Gasteiger partial charge >= 0.3 is 0 Å². The van der Waals surface area contributed by atoms with Crippen molar-refractivity contribution in [3.05, 3.63) is 39.9 Å². The molecule has 214 valence electrons. The highest BCUT2D eigenvalue weighted by Crippen LogP contribution is 2.53. The Labute approximate surface area is 228 Å². The maximum absolute atomic E-state index is 15.4. The summed E-state index contributed by atoms with van der Waals surface area (Å²) in [5.41, 5.74) is 0.342. The Morgan fingerprint density at radius 3 is 2.50 bits per heavy atom. The minimum Gasteiger partial charge on any atom is -0.508 e. The number of fused-ring (bicyclic) bond motifs is 3. The van der Waals surface area contributed by atoms with E-state index in [1.54, 1.807) is 0 Å². The van der Waals surface area contributed by atoms with Crippen LogP contribution in [-0.4, -0.2) is 87.0 Å². The number of phenolic OH excluding ortho intramolecular Hbond substituents is 1. The Bertz CT molecular complexity index is 1410. The van der Waals surface area contributed by atoms with E-state index in [0.29, 0.717) is 13.0 Å². The van der Waals surface area contributed by atoms with Crippen LogP contribution in [0.3, 0.4) is 0 Å². The number of nitrogens with one attached hydrogen (secondary N) is 2. The van der Waals surface area contributed by atoms with Crippen LogP contribution < -0.4 is 16.4 Å². The van der Waals surface area contributed by atoms with Gasteiger partial charge in [0.2, 0.25) is 11.7 Å². The van der Waals surface area contributed by atoms with E-state index in [9.17, 15) is 39.6 Å². The molecule has 0 aromatic heterocycles. The number of rotatable bonds is 4. The van der Waals surface area contributed by atoms with Crippen molar-refractivity contribution < 1.29 is 44.0 Å². The van der Waals surface area contributed by atoms with E-state index in [-0.39, 0.29) is 24.1 Å². The molecule has 2 fully saturated rings. The maximum Gasteiger partial charge on any atom is 0.255 e. The van der Waals surface area contributed by atoms with Gasteiger partial charge in [-0.1, -0.05) is 6.42 Å². The zero-order valence-corrected chi connectivity index (χ0v) is 22.0. The van der Waals surface area contributed by atoms with E-state index in [0.717, 1.165) is 18.9 Å². The van der Waals surface area contributed by atoms with Crippen LogP contribution in [0.4, 0.5) is 10.1 Å². The van der Waals surface area contributed by atoms with Gasteiger partial charge in [0.15, 0.2) is 17.1 Å². The molecular formula is C27H31FN4O8. The lowest BCUT2D eigenvalue weighted by Gasteiger charge is -2.50. The summed E-state index contributed by atoms with van der Waals surface area (Å²) in [5, 5.41) is 50.3. The van der Waals surface area contributed by atoms with Crippen LogP contribution in [0.5, 0.6) is 5.75 Å². The van der Waals surface area contributed by atoms with Crippen molar-refractivity contribution in [1.29, 1.82) is 0 Å². The maximum atomic E-state index is 15.4. The normalized spacial score (nSPS) is 30.1. The minimum absolute atomic E-state index is 0.114. The zero-order chi connectivity index (χ0) is 29.3. The van der Waals surface area contributed by atoms with E-state index in [1.165, 1.54) is 19.0 Å². The third kappa shape index (κ3) is 3.91. The molecular weight excluding hydrogens is 527 g/mol. The molecule has 0 radical (unpaired) electrons. The van der Waals surface area contributed by atoms with Crippen LogP contribution in [0, 0.1) is 17.7 Å². The highest BCUT2D eigenvalue weighted by molar-refractivity contribution is 6.24. The molecule has 5 rings (SSSR count). The summed E-state index contributed by atoms with van der Waals surface area (Å²) in [6.07, 6.45) is 1.92. The van der Waals surface area contributed by atoms with Gasteiger partial charge in [-0.15, -0.1) is 0 Å². The van der Waals surface area contributed by atoms with Gasteiger partial charge in [-0.2, -0.15) is 0 Å². The summed E-state index contributed by atoms with van der Waals surface area (Å²) in [7, 11) is 2.98. The number of aromatic hydroxyl groups is 1. The van der Waals surface area contributed by atoms with Crippen LogP contribution in [0.1, 0.15) is 36.8 Å². The third-order valence-corrected chi connectivity index (χ3v) is 8.55. The molecule has 0 spiro atoms. The fourth-order valence-electron chi connectivity index (χ4n) is 6.66. The van der Waals surface area contributed by atoms with Gasteiger partial charge in [0, 0.05) is 23.1 Å². The monoisotopic (exact) mass is 558 g/mol. The summed E-state index contributed by atoms with van der Waals surface area (Å²) < 4.78 is 15.4. The van der Waals surface area contributed by atoms with E-state index in [4.69, 9.17) is 5.73 Å². The molecule has 0 bridgehead atoms. The van der Waals surface area contributed by atoms with Crippen molar-refractivity contribution in [1.82, 2.24) is 10.2 Å². The number of aliphatic hydroxyl groups is 3. The first-order chi connectivity index (χ1) is 18.8. The Morgan fingerprint density at radius 2 is 1.90 bits per heavy atom. The van der Waals surface area contributed by atoms with Crippen molar-refractivity contribution in [3.63, 3.8) is 0 Å². The van der Waals surface area contributed by atoms with E-state index in [1.807, 2.05) is 0 Å². The first-order valence-corrected chi connectivity index (χ1v) is 13.0. The van der Waals surface area contributed by atoms with Gasteiger partial charge in [0.05, 0.1) is 23.3 Å². The molecule has 1 aromatic rings. The molecule has 1 saturated carbocycles. The summed E-state index contributed by atoms with van der Waals surface area (Å²) in [6.45, 7) is 0.627. The third-order valence-electron chi connectivity index (χ3n) is 8.55. The number of piperidine rings is 1. The molecule has 5 atom stereocenters. The van der Waals surface area contributed by atoms with E-state index in [2.05, 4.69) is 10.6 Å². The highest BCUT2D eigenvalue weighted by atomic mass is 19.1. The standard InChI is InChI=1S/C27H31FN4O8/c1-32(2)19-12-8-10-7-11-13(28)9-15(31-26(39)14-5-3-4-6-30-14)20(33)17(11)21(34)16(10)23(36)27(12,40)24(37)18(22(19)35)25(29)38/h9-10,12,14,19,30,33-34,37,40H,3-8H2,1-2H3,(H2,29,38)(H,31,39)/t10-,12-,14-,19-,27-/m0/s1. The summed E-state index contributed by atoms with van der Waals surface area (Å²) in [6, 6.07) is -0.849. The van der Waals surface area contributed by atoms with Crippen LogP contribution in [0.15, 0.2) is 23.0 Å². The average Bonchev–Trinajstić information content (AvgIpc) is 2.89. The van der Waals surface area contributed by atoms with Gasteiger partial charge < -0.3 is 36.8 Å². The molecule has 1 aliphatic heterocycles. The number of carbonyl (C=O) groups excluding carboxylic acids is 4. The number of Topliss-reactive ketones (excluding diaryl/α,β-unsaturated/α-hetero) is 2. The number of amides is 2. The second-order valence-corrected chi connectivity index (χ2v) is 11.1. The van der Waals surface area contributed by atoms with Crippen molar-refractivity contribution in [2.45, 2.75) is 49.8 Å². The highest BCUT2D eigenvalue weighted by Gasteiger charge is 2.64. The van der Waals surface area contributed by atoms with E-state index < -0.39 is 92.7 Å². The largest absolute Gasteiger partial charge is 0.508 e. The number of benzene rings is 1. The zero-order valence-electron chi connectivity index (χ0n) is 22.0. The lowest BCUT2D eigenvalue weighted by Crippen LogP contribution is -2.65. The molecule has 13 heteroatoms. The number of primary amides is 1. The van der Waals surface area contributed by atoms with Gasteiger partial charge in [-0.3, -0.25) is 24.1 Å². The molecule has 2 amide bonds. The molecule has 3 aliphatic carbocycles. The average molecular weight is 559 g/mol. The Kier molecular flexibility index (Phi) is 6.71. The van der Waals surface area contributed by atoms with Gasteiger partial charge in [-0.25, -0.2) is 4.39 Å². The van der Waals surface area contributed by atoms with Crippen molar-refractivity contribution in [2.75, 3.05) is 26.0 Å². The SMILES string of the molecule is CN(C)[C@@H]1C(=O)C(C(N)=O)=C(O)[C@@]2(O)C(=O)C3=C(O)c4c(O)c(NC(=O)[C@@H]5CCCCN5)cc(F)c4C[C@H]3C[C@@H]12. The number of halogens is 1. The van der Waals surface area contributed by atoms with Gasteiger partial charge in [-0.05, 0) is 52.2 Å². The fourth-order valence-corrected chi connectivity index (χ4v) is 6.66. The number of anilines is 1. The first-order valence-electron chi connectivity index (χ1n) is 13.0. The fraction of sp³-hybridized carbons (Fsp3) is 0.481. The number of aliphatic hydroxyl groups excluding tert-OH is 2. The Hall–Kier alpha value is -3.81. The molecule has 8 N–H and O–H groups in total. The lowest BCUT2D eigenvalue weighted by molar-refractivity contribution is -0.153. The second-order valence-electron chi connectivity index (χ2n) is 11.1. The number of carbonyl (C=O) groups is 4. The molecule has 40 heavy (non-hydrogen) atoms. The molecule has 1 aromatic carbocycles.